The summed E-state index contributed by atoms with van der Waals surface area (Å²) in [6.07, 6.45) is 1.57. The fourth-order valence-electron chi connectivity index (χ4n) is 2.04. The molecular formula is C17H18O3. The van der Waals surface area contributed by atoms with E-state index in [0.29, 0.717) is 0 Å². The van der Waals surface area contributed by atoms with Gasteiger partial charge in [0.2, 0.25) is 0 Å². The Morgan fingerprint density at radius 1 is 1.25 bits per heavy atom. The zero-order valence-electron chi connectivity index (χ0n) is 11.8. The average molecular weight is 270 g/mol. The van der Waals surface area contributed by atoms with Gasteiger partial charge in [-0.3, -0.25) is 4.79 Å². The van der Waals surface area contributed by atoms with Gasteiger partial charge in [0.05, 0.1) is 13.0 Å². The van der Waals surface area contributed by atoms with Crippen molar-refractivity contribution in [3.63, 3.8) is 0 Å². The van der Waals surface area contributed by atoms with E-state index >= 15 is 0 Å². The van der Waals surface area contributed by atoms with Crippen molar-refractivity contribution >= 4 is 16.7 Å². The molecule has 2 aromatic rings. The minimum Gasteiger partial charge on any atom is -0.497 e. The molecule has 0 spiro atoms. The molecule has 104 valence electrons. The van der Waals surface area contributed by atoms with E-state index in [1.54, 1.807) is 13.2 Å². The second-order valence-corrected chi connectivity index (χ2v) is 4.61. The molecule has 20 heavy (non-hydrogen) atoms. The highest BCUT2D eigenvalue weighted by Gasteiger charge is 2.16. The molecule has 2 aromatic carbocycles. The Morgan fingerprint density at radius 3 is 2.65 bits per heavy atom. The molecule has 0 aliphatic carbocycles. The third kappa shape index (κ3) is 2.99. The first-order valence-electron chi connectivity index (χ1n) is 6.51. The van der Waals surface area contributed by atoms with Crippen LogP contribution in [0.2, 0.25) is 0 Å². The predicted octanol–water partition coefficient (Wildman–Crippen LogP) is 3.68. The number of methoxy groups -OCH3 is 1. The first-order valence-corrected chi connectivity index (χ1v) is 6.51. The van der Waals surface area contributed by atoms with Crippen molar-refractivity contribution in [2.45, 2.75) is 12.8 Å². The van der Waals surface area contributed by atoms with Gasteiger partial charge >= 0.3 is 5.97 Å². The highest BCUT2D eigenvalue weighted by atomic mass is 16.5. The molecule has 2 rings (SSSR count). The number of rotatable bonds is 5. The highest BCUT2D eigenvalue weighted by molar-refractivity contribution is 5.86. The maximum absolute atomic E-state index is 11.8. The summed E-state index contributed by atoms with van der Waals surface area (Å²) in [5.74, 6) is 0.294. The lowest BCUT2D eigenvalue weighted by Gasteiger charge is -2.12. The summed E-state index contributed by atoms with van der Waals surface area (Å²) in [4.78, 5) is 11.8. The zero-order chi connectivity index (χ0) is 14.5. The number of hydrogen-bond acceptors (Lipinski definition) is 3. The minimum atomic E-state index is -0.290. The van der Waals surface area contributed by atoms with Crippen LogP contribution in [-0.2, 0) is 9.53 Å². The van der Waals surface area contributed by atoms with Crippen LogP contribution in [0.3, 0.4) is 0 Å². The molecule has 0 aromatic heterocycles. The average Bonchev–Trinajstić information content (AvgIpc) is 2.50. The molecule has 3 nitrogen and oxygen atoms in total. The second kappa shape index (κ2) is 6.24. The van der Waals surface area contributed by atoms with Crippen molar-refractivity contribution in [3.05, 3.63) is 54.6 Å². The van der Waals surface area contributed by atoms with Crippen molar-refractivity contribution < 1.29 is 14.3 Å². The Bertz CT molecular complexity index is 631. The van der Waals surface area contributed by atoms with Crippen LogP contribution in [-0.4, -0.2) is 19.7 Å². The van der Waals surface area contributed by atoms with Crippen LogP contribution in [0.15, 0.2) is 49.1 Å². The number of carbonyl (C=O) groups is 1. The maximum Gasteiger partial charge on any atom is 0.313 e. The van der Waals surface area contributed by atoms with E-state index in [9.17, 15) is 4.79 Å². The van der Waals surface area contributed by atoms with E-state index in [1.807, 2.05) is 43.3 Å². The zero-order valence-corrected chi connectivity index (χ0v) is 11.8. The molecule has 0 amide bonds. The number of ether oxygens (including phenoxy) is 2. The molecule has 0 bridgehead atoms. The summed E-state index contributed by atoms with van der Waals surface area (Å²) in [6.45, 7) is 5.62. The topological polar surface area (TPSA) is 35.5 Å². The number of hydrogen-bond donors (Lipinski definition) is 0. The van der Waals surface area contributed by atoms with Crippen LogP contribution >= 0.6 is 0 Å². The Labute approximate surface area is 118 Å². The molecule has 0 aliphatic rings. The first kappa shape index (κ1) is 14.1. The lowest BCUT2D eigenvalue weighted by Crippen LogP contribution is -2.13. The summed E-state index contributed by atoms with van der Waals surface area (Å²) in [5.41, 5.74) is 0.941. The van der Waals surface area contributed by atoms with Gasteiger partial charge in [-0.15, -0.1) is 0 Å². The summed E-state index contributed by atoms with van der Waals surface area (Å²) in [6, 6.07) is 11.8. The lowest BCUT2D eigenvalue weighted by atomic mass is 9.98. The first-order chi connectivity index (χ1) is 9.65. The van der Waals surface area contributed by atoms with E-state index in [2.05, 4.69) is 6.58 Å². The van der Waals surface area contributed by atoms with Crippen LogP contribution in [0, 0.1) is 0 Å². The number of benzene rings is 2. The highest BCUT2D eigenvalue weighted by Crippen LogP contribution is 2.25. The summed E-state index contributed by atoms with van der Waals surface area (Å²) in [7, 11) is 1.65. The van der Waals surface area contributed by atoms with Gasteiger partial charge in [0, 0.05) is 0 Å². The normalized spacial score (nSPS) is 11.9. The van der Waals surface area contributed by atoms with E-state index in [1.165, 1.54) is 0 Å². The van der Waals surface area contributed by atoms with Crippen LogP contribution in [0.25, 0.3) is 10.8 Å². The van der Waals surface area contributed by atoms with Crippen LogP contribution in [0.4, 0.5) is 0 Å². The third-order valence-corrected chi connectivity index (χ3v) is 3.27. The van der Waals surface area contributed by atoms with Gasteiger partial charge in [-0.25, -0.2) is 0 Å². The largest absolute Gasteiger partial charge is 0.497 e. The molecule has 0 radical (unpaired) electrons. The number of esters is 1. The van der Waals surface area contributed by atoms with Crippen molar-refractivity contribution in [1.82, 2.24) is 0 Å². The molecule has 0 fully saturated rings. The standard InChI is InChI=1S/C17H18O3/c1-4-9-20-17(18)12(2)13-5-6-15-11-16(19-3)8-7-14(15)10-13/h4-8,10-12H,1,9H2,2-3H3. The summed E-state index contributed by atoms with van der Waals surface area (Å²) < 4.78 is 10.3. The lowest BCUT2D eigenvalue weighted by molar-refractivity contribution is -0.143. The number of fused-ring (bicyclic) bond motifs is 1. The fraction of sp³-hybridized carbons (Fsp3) is 0.235. The Morgan fingerprint density at radius 2 is 1.95 bits per heavy atom. The molecule has 0 saturated heterocycles. The second-order valence-electron chi connectivity index (χ2n) is 4.61. The maximum atomic E-state index is 11.8. The monoisotopic (exact) mass is 270 g/mol. The van der Waals surface area contributed by atoms with Gasteiger partial charge < -0.3 is 9.47 Å². The fourth-order valence-corrected chi connectivity index (χ4v) is 2.04. The number of carbonyl (C=O) groups excluding carboxylic acids is 1. The van der Waals surface area contributed by atoms with Crippen LogP contribution < -0.4 is 4.74 Å². The van der Waals surface area contributed by atoms with E-state index in [4.69, 9.17) is 9.47 Å². The minimum absolute atomic E-state index is 0.238. The Kier molecular flexibility index (Phi) is 4.41. The van der Waals surface area contributed by atoms with Crippen molar-refractivity contribution in [1.29, 1.82) is 0 Å². The molecule has 3 heteroatoms. The molecule has 1 atom stereocenters. The Balaban J connectivity index is 2.27. The van der Waals surface area contributed by atoms with Gasteiger partial charge in [0.1, 0.15) is 12.4 Å². The quantitative estimate of drug-likeness (QED) is 0.614. The van der Waals surface area contributed by atoms with E-state index < -0.39 is 0 Å². The SMILES string of the molecule is C=CCOC(=O)C(C)c1ccc2cc(OC)ccc2c1. The molecule has 0 saturated carbocycles. The van der Waals surface area contributed by atoms with Crippen LogP contribution in [0.1, 0.15) is 18.4 Å². The van der Waals surface area contributed by atoms with Gasteiger partial charge in [0.15, 0.2) is 0 Å². The molecule has 0 N–H and O–H groups in total. The summed E-state index contributed by atoms with van der Waals surface area (Å²) >= 11 is 0. The van der Waals surface area contributed by atoms with E-state index in [-0.39, 0.29) is 18.5 Å². The molecular weight excluding hydrogens is 252 g/mol. The molecule has 0 heterocycles. The molecule has 1 unspecified atom stereocenters. The van der Waals surface area contributed by atoms with Crippen molar-refractivity contribution in [3.8, 4) is 5.75 Å². The smallest absolute Gasteiger partial charge is 0.313 e. The van der Waals surface area contributed by atoms with E-state index in [0.717, 1.165) is 22.1 Å². The summed E-state index contributed by atoms with van der Waals surface area (Å²) in [5, 5.41) is 2.16. The van der Waals surface area contributed by atoms with Crippen molar-refractivity contribution in [2.24, 2.45) is 0 Å². The van der Waals surface area contributed by atoms with Gasteiger partial charge in [-0.2, -0.15) is 0 Å². The van der Waals surface area contributed by atoms with Crippen LogP contribution in [0.5, 0.6) is 5.75 Å². The predicted molar refractivity (Wildman–Crippen MR) is 80.1 cm³/mol. The van der Waals surface area contributed by atoms with Gasteiger partial charge in [-0.05, 0) is 35.4 Å². The van der Waals surface area contributed by atoms with Crippen molar-refractivity contribution in [2.75, 3.05) is 13.7 Å². The third-order valence-electron chi connectivity index (χ3n) is 3.27. The molecule has 0 aliphatic heterocycles. The Hall–Kier alpha value is -2.29. The van der Waals surface area contributed by atoms with Gasteiger partial charge in [-0.1, -0.05) is 36.9 Å². The van der Waals surface area contributed by atoms with Gasteiger partial charge in [0.25, 0.3) is 0 Å².